The topological polar surface area (TPSA) is 30.5 Å². The lowest BCUT2D eigenvalue weighted by Gasteiger charge is -2.36. The van der Waals surface area contributed by atoms with E-state index in [9.17, 15) is 0 Å². The number of hydrogen-bond acceptors (Lipinski definition) is 3. The second-order valence-electron chi connectivity index (χ2n) is 7.52. The molecule has 0 aromatic rings. The van der Waals surface area contributed by atoms with Crippen molar-refractivity contribution in [3.05, 3.63) is 0 Å². The third-order valence-corrected chi connectivity index (χ3v) is 4.23. The molecule has 0 aromatic heterocycles. The van der Waals surface area contributed by atoms with Crippen LogP contribution < -0.4 is 5.32 Å². The first-order chi connectivity index (χ1) is 9.97. The molecule has 0 unspecified atom stereocenters. The zero-order chi connectivity index (χ0) is 15.6. The van der Waals surface area contributed by atoms with Crippen molar-refractivity contribution >= 4 is 0 Å². The van der Waals surface area contributed by atoms with Gasteiger partial charge in [-0.3, -0.25) is 0 Å². The zero-order valence-electron chi connectivity index (χ0n) is 14.8. The van der Waals surface area contributed by atoms with E-state index in [1.165, 1.54) is 44.9 Å². The van der Waals surface area contributed by atoms with Crippen LogP contribution in [0.1, 0.15) is 79.1 Å². The molecule has 126 valence electrons. The minimum Gasteiger partial charge on any atom is -0.379 e. The van der Waals surface area contributed by atoms with E-state index in [1.807, 2.05) is 0 Å². The summed E-state index contributed by atoms with van der Waals surface area (Å²) in [7, 11) is 0. The maximum atomic E-state index is 6.34. The summed E-state index contributed by atoms with van der Waals surface area (Å²) in [6.45, 7) is 12.2. The maximum Gasteiger partial charge on any atom is 0.0807 e. The van der Waals surface area contributed by atoms with E-state index in [-0.39, 0.29) is 11.1 Å². The lowest BCUT2D eigenvalue weighted by molar-refractivity contribution is -0.0777. The number of hydrogen-bond donors (Lipinski definition) is 1. The van der Waals surface area contributed by atoms with E-state index >= 15 is 0 Å². The number of unbranched alkanes of at least 4 members (excludes halogenated alkanes) is 1. The van der Waals surface area contributed by atoms with Gasteiger partial charge in [-0.25, -0.2) is 0 Å². The number of nitrogens with one attached hydrogen (secondary N) is 1. The Bertz CT molecular complexity index is 252. The largest absolute Gasteiger partial charge is 0.379 e. The van der Waals surface area contributed by atoms with Crippen LogP contribution in [0, 0.1) is 0 Å². The minimum atomic E-state index is 0.0257. The molecule has 1 aliphatic carbocycles. The Hall–Kier alpha value is -0.120. The molecule has 0 aromatic carbocycles. The Morgan fingerprint density at radius 1 is 0.952 bits per heavy atom. The molecule has 1 rings (SSSR count). The summed E-state index contributed by atoms with van der Waals surface area (Å²) in [4.78, 5) is 0. The van der Waals surface area contributed by atoms with Crippen LogP contribution in [0.5, 0.6) is 0 Å². The van der Waals surface area contributed by atoms with Gasteiger partial charge in [0.1, 0.15) is 0 Å². The van der Waals surface area contributed by atoms with Crippen molar-refractivity contribution in [1.82, 2.24) is 5.32 Å². The monoisotopic (exact) mass is 299 g/mol. The first-order valence-electron chi connectivity index (χ1n) is 8.94. The molecule has 21 heavy (non-hydrogen) atoms. The molecule has 1 saturated carbocycles. The predicted octanol–water partition coefficient (Wildman–Crippen LogP) is 4.30. The van der Waals surface area contributed by atoms with E-state index in [1.54, 1.807) is 0 Å². The molecule has 3 heteroatoms. The molecule has 1 fully saturated rings. The van der Waals surface area contributed by atoms with Crippen LogP contribution in [0.2, 0.25) is 0 Å². The molecule has 0 radical (unpaired) electrons. The molecule has 0 saturated heterocycles. The van der Waals surface area contributed by atoms with Gasteiger partial charge in [-0.2, -0.15) is 0 Å². The highest BCUT2D eigenvalue weighted by molar-refractivity contribution is 4.88. The maximum absolute atomic E-state index is 6.34. The van der Waals surface area contributed by atoms with Gasteiger partial charge in [-0.1, -0.05) is 39.0 Å². The summed E-state index contributed by atoms with van der Waals surface area (Å²) >= 11 is 0. The van der Waals surface area contributed by atoms with Crippen LogP contribution in [-0.2, 0) is 9.47 Å². The van der Waals surface area contributed by atoms with Crippen LogP contribution in [0.4, 0.5) is 0 Å². The van der Waals surface area contributed by atoms with Crippen LogP contribution in [0.25, 0.3) is 0 Å². The fraction of sp³-hybridized carbons (Fsp3) is 1.00. The Balaban J connectivity index is 2.39. The Morgan fingerprint density at radius 3 is 2.19 bits per heavy atom. The van der Waals surface area contributed by atoms with Gasteiger partial charge in [0.05, 0.1) is 18.8 Å². The highest BCUT2D eigenvalue weighted by Gasteiger charge is 2.32. The molecule has 0 bridgehead atoms. The fourth-order valence-corrected chi connectivity index (χ4v) is 2.84. The number of ether oxygens (including phenoxy) is 2. The van der Waals surface area contributed by atoms with Crippen molar-refractivity contribution in [2.24, 2.45) is 0 Å². The Morgan fingerprint density at radius 2 is 1.62 bits per heavy atom. The predicted molar refractivity (Wildman–Crippen MR) is 89.9 cm³/mol. The van der Waals surface area contributed by atoms with Crippen molar-refractivity contribution in [2.75, 3.05) is 26.4 Å². The van der Waals surface area contributed by atoms with E-state index in [2.05, 4.69) is 33.0 Å². The van der Waals surface area contributed by atoms with E-state index in [0.717, 1.165) is 32.8 Å². The third kappa shape index (κ3) is 8.80. The van der Waals surface area contributed by atoms with Gasteiger partial charge in [-0.15, -0.1) is 0 Å². The quantitative estimate of drug-likeness (QED) is 0.508. The molecular weight excluding hydrogens is 262 g/mol. The summed E-state index contributed by atoms with van der Waals surface area (Å²) in [5, 5.41) is 3.66. The average Bonchev–Trinajstić information content (AvgIpc) is 2.66. The molecule has 0 heterocycles. The van der Waals surface area contributed by atoms with Crippen molar-refractivity contribution in [2.45, 2.75) is 90.2 Å². The second-order valence-corrected chi connectivity index (χ2v) is 7.52. The van der Waals surface area contributed by atoms with Crippen molar-refractivity contribution in [3.8, 4) is 0 Å². The molecule has 1 aliphatic rings. The van der Waals surface area contributed by atoms with Crippen LogP contribution in [0.3, 0.4) is 0 Å². The Kier molecular flexibility index (Phi) is 8.84. The SMILES string of the molecule is CCCCOCCOC1(CNC(C)(C)C)CCCCCC1. The van der Waals surface area contributed by atoms with E-state index in [4.69, 9.17) is 9.47 Å². The zero-order valence-corrected chi connectivity index (χ0v) is 14.8. The van der Waals surface area contributed by atoms with E-state index < -0.39 is 0 Å². The van der Waals surface area contributed by atoms with Crippen LogP contribution in [-0.4, -0.2) is 37.5 Å². The van der Waals surface area contributed by atoms with Crippen LogP contribution >= 0.6 is 0 Å². The fourth-order valence-electron chi connectivity index (χ4n) is 2.84. The molecule has 3 nitrogen and oxygen atoms in total. The second kappa shape index (κ2) is 9.81. The lowest BCUT2D eigenvalue weighted by Crippen LogP contribution is -2.49. The summed E-state index contributed by atoms with van der Waals surface area (Å²) < 4.78 is 12.0. The summed E-state index contributed by atoms with van der Waals surface area (Å²) in [6.07, 6.45) is 10.0. The van der Waals surface area contributed by atoms with Gasteiger partial charge in [0.25, 0.3) is 0 Å². The lowest BCUT2D eigenvalue weighted by atomic mass is 9.92. The van der Waals surface area contributed by atoms with Crippen molar-refractivity contribution in [1.29, 1.82) is 0 Å². The first kappa shape index (κ1) is 18.9. The van der Waals surface area contributed by atoms with Gasteiger partial charge < -0.3 is 14.8 Å². The average molecular weight is 299 g/mol. The van der Waals surface area contributed by atoms with Gasteiger partial charge in [0, 0.05) is 18.7 Å². The normalized spacial score (nSPS) is 19.4. The van der Waals surface area contributed by atoms with Gasteiger partial charge in [0.2, 0.25) is 0 Å². The molecular formula is C18H37NO2. The summed E-state index contributed by atoms with van der Waals surface area (Å²) in [5.74, 6) is 0. The molecule has 0 atom stereocenters. The number of rotatable bonds is 9. The van der Waals surface area contributed by atoms with Gasteiger partial charge >= 0.3 is 0 Å². The summed E-state index contributed by atoms with van der Waals surface area (Å²) in [6, 6.07) is 0. The molecule has 1 N–H and O–H groups in total. The molecule has 0 amide bonds. The smallest absolute Gasteiger partial charge is 0.0807 e. The molecule has 0 spiro atoms. The van der Waals surface area contributed by atoms with E-state index in [0.29, 0.717) is 0 Å². The first-order valence-corrected chi connectivity index (χ1v) is 8.94. The third-order valence-electron chi connectivity index (χ3n) is 4.23. The van der Waals surface area contributed by atoms with Crippen LogP contribution in [0.15, 0.2) is 0 Å². The van der Waals surface area contributed by atoms with Crippen molar-refractivity contribution in [3.63, 3.8) is 0 Å². The summed E-state index contributed by atoms with van der Waals surface area (Å²) in [5.41, 5.74) is 0.179. The van der Waals surface area contributed by atoms with Gasteiger partial charge in [-0.05, 0) is 40.0 Å². The Labute approximate surface area is 132 Å². The van der Waals surface area contributed by atoms with Crippen molar-refractivity contribution < 1.29 is 9.47 Å². The highest BCUT2D eigenvalue weighted by Crippen LogP contribution is 2.30. The van der Waals surface area contributed by atoms with Gasteiger partial charge in [0.15, 0.2) is 0 Å². The molecule has 0 aliphatic heterocycles. The highest BCUT2D eigenvalue weighted by atomic mass is 16.5. The minimum absolute atomic E-state index is 0.0257. The standard InChI is InChI=1S/C18H37NO2/c1-5-6-13-20-14-15-21-18(16-19-17(2,3)4)11-9-7-8-10-12-18/h19H,5-16H2,1-4H3.